The molecule has 0 radical (unpaired) electrons. The molecule has 0 aliphatic carbocycles. The van der Waals surface area contributed by atoms with Crippen LogP contribution in [0.2, 0.25) is 0 Å². The molecule has 0 heterocycles. The molecule has 0 spiro atoms. The summed E-state index contributed by atoms with van der Waals surface area (Å²) >= 11 is 3.37. The molecule has 2 aromatic rings. The molecule has 0 bridgehead atoms. The number of Topliss-reactive ketones (excluding diaryl/α,β-unsaturated/α-hetero) is 1. The molecule has 0 saturated carbocycles. The van der Waals surface area contributed by atoms with E-state index in [4.69, 9.17) is 0 Å². The Bertz CT molecular complexity index is 785. The molecular formula is C18H17BrN2O3. The van der Waals surface area contributed by atoms with Gasteiger partial charge in [0.2, 0.25) is 11.8 Å². The number of benzene rings is 2. The SMILES string of the molecule is CC(=O)c1ccc(NC(=O)CC(=O)Nc2ccc(C)cc2Br)cc1. The van der Waals surface area contributed by atoms with Gasteiger partial charge in [-0.2, -0.15) is 0 Å². The van der Waals surface area contributed by atoms with E-state index in [-0.39, 0.29) is 12.2 Å². The van der Waals surface area contributed by atoms with Gasteiger partial charge in [-0.1, -0.05) is 6.07 Å². The summed E-state index contributed by atoms with van der Waals surface area (Å²) in [7, 11) is 0. The van der Waals surface area contributed by atoms with Gasteiger partial charge in [0, 0.05) is 15.7 Å². The van der Waals surface area contributed by atoms with Gasteiger partial charge in [-0.05, 0) is 71.7 Å². The van der Waals surface area contributed by atoms with Gasteiger partial charge in [0.25, 0.3) is 0 Å². The van der Waals surface area contributed by atoms with Crippen molar-refractivity contribution in [1.82, 2.24) is 0 Å². The zero-order valence-electron chi connectivity index (χ0n) is 13.4. The van der Waals surface area contributed by atoms with Gasteiger partial charge < -0.3 is 10.6 Å². The smallest absolute Gasteiger partial charge is 0.233 e. The highest BCUT2D eigenvalue weighted by Gasteiger charge is 2.11. The molecular weight excluding hydrogens is 372 g/mol. The van der Waals surface area contributed by atoms with Crippen LogP contribution < -0.4 is 10.6 Å². The van der Waals surface area contributed by atoms with Crippen LogP contribution in [-0.2, 0) is 9.59 Å². The fourth-order valence-electron chi connectivity index (χ4n) is 2.06. The summed E-state index contributed by atoms with van der Waals surface area (Å²) in [5, 5.41) is 5.31. The number of carbonyl (C=O) groups excluding carboxylic acids is 3. The van der Waals surface area contributed by atoms with Crippen molar-refractivity contribution in [3.63, 3.8) is 0 Å². The maximum absolute atomic E-state index is 12.0. The molecule has 0 fully saturated rings. The second kappa shape index (κ2) is 7.88. The number of rotatable bonds is 5. The zero-order chi connectivity index (χ0) is 17.7. The Balaban J connectivity index is 1.91. The van der Waals surface area contributed by atoms with Crippen molar-refractivity contribution in [3.8, 4) is 0 Å². The fraction of sp³-hybridized carbons (Fsp3) is 0.167. The average Bonchev–Trinajstić information content (AvgIpc) is 2.50. The predicted octanol–water partition coefficient (Wildman–Crippen LogP) is 3.93. The van der Waals surface area contributed by atoms with Crippen LogP contribution in [0, 0.1) is 6.92 Å². The lowest BCUT2D eigenvalue weighted by Gasteiger charge is -2.09. The van der Waals surface area contributed by atoms with Crippen LogP contribution in [-0.4, -0.2) is 17.6 Å². The van der Waals surface area contributed by atoms with Crippen LogP contribution in [0.15, 0.2) is 46.9 Å². The van der Waals surface area contributed by atoms with Crippen molar-refractivity contribution >= 4 is 44.9 Å². The second-order valence-electron chi connectivity index (χ2n) is 5.39. The van der Waals surface area contributed by atoms with Gasteiger partial charge in [-0.3, -0.25) is 14.4 Å². The third kappa shape index (κ3) is 5.03. The van der Waals surface area contributed by atoms with E-state index in [9.17, 15) is 14.4 Å². The number of amides is 2. The number of aryl methyl sites for hydroxylation is 1. The molecule has 2 aromatic carbocycles. The molecule has 0 saturated heterocycles. The topological polar surface area (TPSA) is 75.3 Å². The Morgan fingerprint density at radius 1 is 0.958 bits per heavy atom. The van der Waals surface area contributed by atoms with Crippen molar-refractivity contribution in [2.75, 3.05) is 10.6 Å². The Morgan fingerprint density at radius 3 is 2.17 bits per heavy atom. The van der Waals surface area contributed by atoms with E-state index >= 15 is 0 Å². The Morgan fingerprint density at radius 2 is 1.58 bits per heavy atom. The standard InChI is InChI=1S/C18H17BrN2O3/c1-11-3-8-16(15(19)9-11)21-18(24)10-17(23)20-14-6-4-13(5-7-14)12(2)22/h3-9H,10H2,1-2H3,(H,20,23)(H,21,24). The van der Waals surface area contributed by atoms with E-state index in [0.29, 0.717) is 16.9 Å². The van der Waals surface area contributed by atoms with Gasteiger partial charge in [0.15, 0.2) is 5.78 Å². The molecule has 6 heteroatoms. The first kappa shape index (κ1) is 17.9. The quantitative estimate of drug-likeness (QED) is 0.601. The lowest BCUT2D eigenvalue weighted by molar-refractivity contribution is -0.123. The van der Waals surface area contributed by atoms with Crippen LogP contribution in [0.5, 0.6) is 0 Å². The fourth-order valence-corrected chi connectivity index (χ4v) is 2.65. The van der Waals surface area contributed by atoms with E-state index in [1.807, 2.05) is 19.1 Å². The molecule has 0 atom stereocenters. The van der Waals surface area contributed by atoms with Crippen molar-refractivity contribution in [3.05, 3.63) is 58.1 Å². The molecule has 0 aliphatic heterocycles. The number of ketones is 1. The molecule has 2 amide bonds. The van der Waals surface area contributed by atoms with Gasteiger partial charge >= 0.3 is 0 Å². The third-order valence-corrected chi connectivity index (χ3v) is 3.95. The first-order valence-corrected chi connectivity index (χ1v) is 8.11. The molecule has 2 rings (SSSR count). The van der Waals surface area contributed by atoms with Crippen LogP contribution in [0.25, 0.3) is 0 Å². The summed E-state index contributed by atoms with van der Waals surface area (Å²) < 4.78 is 0.760. The summed E-state index contributed by atoms with van der Waals surface area (Å²) in [6.45, 7) is 3.42. The Labute approximate surface area is 148 Å². The minimum atomic E-state index is -0.425. The van der Waals surface area contributed by atoms with Gasteiger partial charge in [-0.15, -0.1) is 0 Å². The minimum Gasteiger partial charge on any atom is -0.326 e. The van der Waals surface area contributed by atoms with Crippen LogP contribution in [0.4, 0.5) is 11.4 Å². The Hall–Kier alpha value is -2.47. The third-order valence-electron chi connectivity index (χ3n) is 3.29. The van der Waals surface area contributed by atoms with Crippen molar-refractivity contribution in [2.45, 2.75) is 20.3 Å². The van der Waals surface area contributed by atoms with Crippen LogP contribution in [0.1, 0.15) is 29.3 Å². The van der Waals surface area contributed by atoms with E-state index in [0.717, 1.165) is 10.0 Å². The summed E-state index contributed by atoms with van der Waals surface area (Å²) in [6.07, 6.45) is -0.297. The second-order valence-corrected chi connectivity index (χ2v) is 6.24. The molecule has 124 valence electrons. The summed E-state index contributed by atoms with van der Waals surface area (Å²) in [4.78, 5) is 35.1. The van der Waals surface area contributed by atoms with Gasteiger partial charge in [-0.25, -0.2) is 0 Å². The van der Waals surface area contributed by atoms with Gasteiger partial charge in [0.05, 0.1) is 5.69 Å². The number of anilines is 2. The molecule has 0 unspecified atom stereocenters. The van der Waals surface area contributed by atoms with E-state index in [1.54, 1.807) is 30.3 Å². The van der Waals surface area contributed by atoms with E-state index < -0.39 is 11.8 Å². The maximum atomic E-state index is 12.0. The largest absolute Gasteiger partial charge is 0.326 e. The number of hydrogen-bond acceptors (Lipinski definition) is 3. The minimum absolute atomic E-state index is 0.0454. The van der Waals surface area contributed by atoms with Crippen molar-refractivity contribution in [1.29, 1.82) is 0 Å². The normalized spacial score (nSPS) is 10.1. The molecule has 2 N–H and O–H groups in total. The van der Waals surface area contributed by atoms with Crippen LogP contribution in [0.3, 0.4) is 0 Å². The van der Waals surface area contributed by atoms with Crippen molar-refractivity contribution in [2.24, 2.45) is 0 Å². The first-order valence-electron chi connectivity index (χ1n) is 7.32. The van der Waals surface area contributed by atoms with Gasteiger partial charge in [0.1, 0.15) is 6.42 Å². The molecule has 5 nitrogen and oxygen atoms in total. The summed E-state index contributed by atoms with van der Waals surface area (Å²) in [5.41, 5.74) is 2.78. The molecule has 0 aromatic heterocycles. The number of halogens is 1. The highest BCUT2D eigenvalue weighted by atomic mass is 79.9. The summed E-state index contributed by atoms with van der Waals surface area (Å²) in [6, 6.07) is 12.0. The predicted molar refractivity (Wildman–Crippen MR) is 97.2 cm³/mol. The first-order chi connectivity index (χ1) is 11.3. The molecule has 0 aliphatic rings. The maximum Gasteiger partial charge on any atom is 0.233 e. The monoisotopic (exact) mass is 388 g/mol. The highest BCUT2D eigenvalue weighted by molar-refractivity contribution is 9.10. The van der Waals surface area contributed by atoms with Crippen molar-refractivity contribution < 1.29 is 14.4 Å². The van der Waals surface area contributed by atoms with E-state index in [2.05, 4.69) is 26.6 Å². The Kier molecular flexibility index (Phi) is 5.87. The number of carbonyl (C=O) groups is 3. The molecule has 24 heavy (non-hydrogen) atoms. The lowest BCUT2D eigenvalue weighted by Crippen LogP contribution is -2.21. The zero-order valence-corrected chi connectivity index (χ0v) is 14.9. The number of nitrogens with one attached hydrogen (secondary N) is 2. The van der Waals surface area contributed by atoms with E-state index in [1.165, 1.54) is 6.92 Å². The number of hydrogen-bond donors (Lipinski definition) is 2. The average molecular weight is 389 g/mol. The van der Waals surface area contributed by atoms with Crippen LogP contribution >= 0.6 is 15.9 Å². The highest BCUT2D eigenvalue weighted by Crippen LogP contribution is 2.23. The lowest BCUT2D eigenvalue weighted by atomic mass is 10.1. The summed E-state index contributed by atoms with van der Waals surface area (Å²) in [5.74, 6) is -0.875.